The molecule has 2 aliphatic rings. The third-order valence-electron chi connectivity index (χ3n) is 4.01. The Bertz CT molecular complexity index is 185. The number of nitrogens with zero attached hydrogens (tertiary/aromatic N) is 1. The second kappa shape index (κ2) is 3.25. The molecule has 0 aromatic rings. The van der Waals surface area contributed by atoms with Crippen molar-refractivity contribution in [3.63, 3.8) is 0 Å². The van der Waals surface area contributed by atoms with Gasteiger partial charge in [0.2, 0.25) is 0 Å². The van der Waals surface area contributed by atoms with Crippen molar-refractivity contribution < 1.29 is 0 Å². The molecule has 2 atom stereocenters. The lowest BCUT2D eigenvalue weighted by atomic mass is 9.64. The summed E-state index contributed by atoms with van der Waals surface area (Å²) in [7, 11) is 4.34. The van der Waals surface area contributed by atoms with Crippen LogP contribution in [-0.4, -0.2) is 38.1 Å². The molecule has 1 aliphatic carbocycles. The zero-order valence-corrected chi connectivity index (χ0v) is 9.14. The minimum Gasteiger partial charge on any atom is -0.317 e. The summed E-state index contributed by atoms with van der Waals surface area (Å²) < 4.78 is 0. The van der Waals surface area contributed by atoms with Crippen molar-refractivity contribution in [3.8, 4) is 0 Å². The maximum atomic E-state index is 3.44. The predicted octanol–water partition coefficient (Wildman–Crippen LogP) is 1.33. The van der Waals surface area contributed by atoms with Crippen LogP contribution in [0.4, 0.5) is 0 Å². The minimum atomic E-state index is 0.710. The van der Waals surface area contributed by atoms with Crippen LogP contribution >= 0.6 is 0 Å². The molecule has 2 heteroatoms. The van der Waals surface area contributed by atoms with E-state index in [1.54, 1.807) is 0 Å². The van der Waals surface area contributed by atoms with Crippen molar-refractivity contribution >= 4 is 0 Å². The molecule has 0 amide bonds. The molecule has 0 bridgehead atoms. The number of rotatable bonds is 1. The smallest absolute Gasteiger partial charge is 0.00901 e. The Hall–Kier alpha value is -0.0800. The molecule has 2 rings (SSSR count). The van der Waals surface area contributed by atoms with Crippen LogP contribution in [-0.2, 0) is 0 Å². The van der Waals surface area contributed by atoms with Crippen LogP contribution in [0, 0.1) is 11.3 Å². The average Bonchev–Trinajstić information content (AvgIpc) is 2.02. The van der Waals surface area contributed by atoms with E-state index in [0.29, 0.717) is 5.41 Å². The summed E-state index contributed by atoms with van der Waals surface area (Å²) in [4.78, 5) is 2.45. The van der Waals surface area contributed by atoms with Crippen molar-refractivity contribution in [3.05, 3.63) is 0 Å². The van der Waals surface area contributed by atoms with E-state index >= 15 is 0 Å². The van der Waals surface area contributed by atoms with Crippen LogP contribution in [0.2, 0.25) is 0 Å². The Morgan fingerprint density at radius 3 is 2.54 bits per heavy atom. The van der Waals surface area contributed by atoms with Crippen LogP contribution in [0.3, 0.4) is 0 Å². The molecule has 0 unspecified atom stereocenters. The molecule has 0 aromatic carbocycles. The molecule has 1 N–H and O–H groups in total. The molecule has 1 saturated carbocycles. The first-order chi connectivity index (χ1) is 6.15. The van der Waals surface area contributed by atoms with E-state index in [-0.39, 0.29) is 0 Å². The Balaban J connectivity index is 1.92. The van der Waals surface area contributed by atoms with Gasteiger partial charge in [-0.15, -0.1) is 0 Å². The molecular formula is C11H22N2. The van der Waals surface area contributed by atoms with Crippen LogP contribution in [0.5, 0.6) is 0 Å². The van der Waals surface area contributed by atoms with E-state index in [4.69, 9.17) is 0 Å². The minimum absolute atomic E-state index is 0.710. The standard InChI is InChI=1S/C11H22N2/c1-9-6-11(7-13(3)8-11)5-4-10(9)12-2/h9-10,12H,4-8H2,1-3H3/t9-,10+/m0/s1. The molecule has 1 heterocycles. The fourth-order valence-electron chi connectivity index (χ4n) is 3.49. The molecule has 0 aromatic heterocycles. The van der Waals surface area contributed by atoms with Gasteiger partial charge in [0.1, 0.15) is 0 Å². The van der Waals surface area contributed by atoms with Gasteiger partial charge in [-0.3, -0.25) is 0 Å². The average molecular weight is 182 g/mol. The Labute approximate surface area is 81.7 Å². The van der Waals surface area contributed by atoms with Crippen molar-refractivity contribution in [2.75, 3.05) is 27.2 Å². The van der Waals surface area contributed by atoms with Gasteiger partial charge in [-0.25, -0.2) is 0 Å². The lowest BCUT2D eigenvalue weighted by Gasteiger charge is -2.54. The van der Waals surface area contributed by atoms with Crippen molar-refractivity contribution in [2.45, 2.75) is 32.2 Å². The summed E-state index contributed by atoms with van der Waals surface area (Å²) in [6, 6.07) is 0.775. The van der Waals surface area contributed by atoms with E-state index in [0.717, 1.165) is 12.0 Å². The van der Waals surface area contributed by atoms with E-state index in [9.17, 15) is 0 Å². The highest BCUT2D eigenvalue weighted by atomic mass is 15.2. The van der Waals surface area contributed by atoms with Gasteiger partial charge in [0.05, 0.1) is 0 Å². The van der Waals surface area contributed by atoms with Gasteiger partial charge in [-0.2, -0.15) is 0 Å². The first kappa shape index (κ1) is 9.47. The maximum Gasteiger partial charge on any atom is 0.00901 e. The highest BCUT2D eigenvalue weighted by Gasteiger charge is 2.45. The molecule has 2 nitrogen and oxygen atoms in total. The van der Waals surface area contributed by atoms with E-state index in [2.05, 4.69) is 31.2 Å². The first-order valence-corrected chi connectivity index (χ1v) is 5.51. The molecule has 0 radical (unpaired) electrons. The summed E-state index contributed by atoms with van der Waals surface area (Å²) in [5.41, 5.74) is 0.710. The second-order valence-electron chi connectivity index (χ2n) is 5.29. The monoisotopic (exact) mass is 182 g/mol. The second-order valence-corrected chi connectivity index (χ2v) is 5.29. The van der Waals surface area contributed by atoms with Crippen molar-refractivity contribution in [1.29, 1.82) is 0 Å². The molecule has 76 valence electrons. The lowest BCUT2D eigenvalue weighted by molar-refractivity contribution is -0.0329. The van der Waals surface area contributed by atoms with Gasteiger partial charge >= 0.3 is 0 Å². The molecule has 1 aliphatic heterocycles. The van der Waals surface area contributed by atoms with Crippen LogP contribution in [0.1, 0.15) is 26.2 Å². The summed E-state index contributed by atoms with van der Waals surface area (Å²) in [5, 5.41) is 3.44. The first-order valence-electron chi connectivity index (χ1n) is 5.51. The SMILES string of the molecule is CN[C@@H]1CCC2(C[C@@H]1C)CN(C)C2. The molecule has 1 saturated heterocycles. The van der Waals surface area contributed by atoms with Gasteiger partial charge in [-0.05, 0) is 44.7 Å². The largest absolute Gasteiger partial charge is 0.317 e. The van der Waals surface area contributed by atoms with E-state index in [1.807, 2.05) is 0 Å². The summed E-state index contributed by atoms with van der Waals surface area (Å²) in [5.74, 6) is 0.868. The van der Waals surface area contributed by atoms with Gasteiger partial charge < -0.3 is 10.2 Å². The van der Waals surface area contributed by atoms with Crippen LogP contribution in [0.15, 0.2) is 0 Å². The normalized spacial score (nSPS) is 39.0. The third-order valence-corrected chi connectivity index (χ3v) is 4.01. The molecular weight excluding hydrogens is 160 g/mol. The summed E-state index contributed by atoms with van der Waals surface area (Å²) in [6.07, 6.45) is 4.25. The molecule has 13 heavy (non-hydrogen) atoms. The van der Waals surface area contributed by atoms with Crippen molar-refractivity contribution in [2.24, 2.45) is 11.3 Å². The predicted molar refractivity (Wildman–Crippen MR) is 55.8 cm³/mol. The quantitative estimate of drug-likeness (QED) is 0.658. The van der Waals surface area contributed by atoms with Crippen LogP contribution < -0.4 is 5.32 Å². The van der Waals surface area contributed by atoms with Crippen LogP contribution in [0.25, 0.3) is 0 Å². The van der Waals surface area contributed by atoms with Gasteiger partial charge in [-0.1, -0.05) is 6.92 Å². The summed E-state index contributed by atoms with van der Waals surface area (Å²) in [6.45, 7) is 5.09. The Morgan fingerprint density at radius 2 is 2.08 bits per heavy atom. The summed E-state index contributed by atoms with van der Waals surface area (Å²) >= 11 is 0. The van der Waals surface area contributed by atoms with E-state index in [1.165, 1.54) is 32.4 Å². The number of hydrogen-bond acceptors (Lipinski definition) is 2. The zero-order chi connectivity index (χ0) is 9.47. The topological polar surface area (TPSA) is 15.3 Å². The van der Waals surface area contributed by atoms with Gasteiger partial charge in [0, 0.05) is 19.1 Å². The van der Waals surface area contributed by atoms with Crippen molar-refractivity contribution in [1.82, 2.24) is 10.2 Å². The third kappa shape index (κ3) is 1.62. The lowest BCUT2D eigenvalue weighted by Crippen LogP contribution is -2.58. The maximum absolute atomic E-state index is 3.44. The Kier molecular flexibility index (Phi) is 2.37. The number of hydrogen-bond donors (Lipinski definition) is 1. The number of nitrogens with one attached hydrogen (secondary N) is 1. The van der Waals surface area contributed by atoms with Gasteiger partial charge in [0.25, 0.3) is 0 Å². The zero-order valence-electron chi connectivity index (χ0n) is 9.14. The highest BCUT2D eigenvalue weighted by Crippen LogP contribution is 2.45. The van der Waals surface area contributed by atoms with E-state index < -0.39 is 0 Å². The fourth-order valence-corrected chi connectivity index (χ4v) is 3.49. The molecule has 1 spiro atoms. The number of likely N-dealkylation sites (tertiary alicyclic amines) is 1. The Morgan fingerprint density at radius 1 is 1.38 bits per heavy atom. The van der Waals surface area contributed by atoms with Gasteiger partial charge in [0.15, 0.2) is 0 Å². The fraction of sp³-hybridized carbons (Fsp3) is 1.00. The molecule has 2 fully saturated rings. The highest BCUT2D eigenvalue weighted by molar-refractivity contribution is 4.99.